The van der Waals surface area contributed by atoms with E-state index in [1.807, 2.05) is 12.1 Å². The molecule has 2 aromatic rings. The van der Waals surface area contributed by atoms with Crippen LogP contribution in [-0.4, -0.2) is 18.5 Å². The van der Waals surface area contributed by atoms with Crippen LogP contribution >= 0.6 is 11.6 Å². The van der Waals surface area contributed by atoms with Gasteiger partial charge in [0.15, 0.2) is 0 Å². The minimum atomic E-state index is -0.835. The molecule has 3 rings (SSSR count). The number of hydrogen-bond donors (Lipinski definition) is 1. The maximum Gasteiger partial charge on any atom is 0.318 e. The lowest BCUT2D eigenvalue weighted by Crippen LogP contribution is -2.36. The van der Waals surface area contributed by atoms with Crippen molar-refractivity contribution >= 4 is 40.8 Å². The summed E-state index contributed by atoms with van der Waals surface area (Å²) in [6.07, 6.45) is 2.09. The molecular formula is C21H19ClFNO3. The van der Waals surface area contributed by atoms with Crippen LogP contribution in [0.25, 0.3) is 11.6 Å². The molecule has 1 atom stereocenters. The van der Waals surface area contributed by atoms with E-state index in [1.165, 1.54) is 6.07 Å². The third-order valence-corrected chi connectivity index (χ3v) is 4.76. The zero-order chi connectivity index (χ0) is 19.6. The lowest BCUT2D eigenvalue weighted by Gasteiger charge is -2.23. The second-order valence-corrected chi connectivity index (χ2v) is 6.75. The highest BCUT2D eigenvalue weighted by molar-refractivity contribution is 6.32. The third-order valence-electron chi connectivity index (χ3n) is 4.44. The Balaban J connectivity index is 1.88. The number of anilines is 1. The number of allylic oxidation sites excluding steroid dienone is 1. The highest BCUT2D eigenvalue weighted by Crippen LogP contribution is 2.31. The van der Waals surface area contributed by atoms with Gasteiger partial charge in [-0.2, -0.15) is 0 Å². The summed E-state index contributed by atoms with van der Waals surface area (Å²) in [5.41, 5.74) is 3.31. The van der Waals surface area contributed by atoms with Crippen LogP contribution in [0.5, 0.6) is 0 Å². The predicted molar refractivity (Wildman–Crippen MR) is 104 cm³/mol. The van der Waals surface area contributed by atoms with Crippen molar-refractivity contribution in [3.05, 3.63) is 63.9 Å². The van der Waals surface area contributed by atoms with Crippen LogP contribution in [0.4, 0.5) is 10.1 Å². The van der Waals surface area contributed by atoms with Gasteiger partial charge in [-0.05, 0) is 55.2 Å². The zero-order valence-corrected chi connectivity index (χ0v) is 15.8. The molecule has 6 heteroatoms. The number of ether oxygens (including phenoxy) is 1. The molecule has 1 unspecified atom stereocenters. The van der Waals surface area contributed by atoms with Crippen molar-refractivity contribution in [2.45, 2.75) is 20.3 Å². The van der Waals surface area contributed by atoms with E-state index in [0.29, 0.717) is 28.3 Å². The van der Waals surface area contributed by atoms with Crippen LogP contribution in [0.1, 0.15) is 30.5 Å². The minimum Gasteiger partial charge on any atom is -0.465 e. The quantitative estimate of drug-likeness (QED) is 0.469. The van der Waals surface area contributed by atoms with Gasteiger partial charge in [-0.25, -0.2) is 4.39 Å². The van der Waals surface area contributed by atoms with Gasteiger partial charge in [0.25, 0.3) is 0 Å². The van der Waals surface area contributed by atoms with Gasteiger partial charge in [0.1, 0.15) is 11.7 Å². The molecule has 27 heavy (non-hydrogen) atoms. The van der Waals surface area contributed by atoms with Gasteiger partial charge in [-0.3, -0.25) is 9.59 Å². The second-order valence-electron chi connectivity index (χ2n) is 6.34. The van der Waals surface area contributed by atoms with Crippen molar-refractivity contribution in [1.82, 2.24) is 0 Å². The van der Waals surface area contributed by atoms with Gasteiger partial charge in [0.2, 0.25) is 5.91 Å². The summed E-state index contributed by atoms with van der Waals surface area (Å²) in [4.78, 5) is 24.1. The smallest absolute Gasteiger partial charge is 0.318 e. The predicted octanol–water partition coefficient (Wildman–Crippen LogP) is 4.71. The Kier molecular flexibility index (Phi) is 5.61. The molecule has 0 saturated carbocycles. The first-order valence-corrected chi connectivity index (χ1v) is 9.01. The van der Waals surface area contributed by atoms with Crippen LogP contribution in [0, 0.1) is 11.7 Å². The fourth-order valence-electron chi connectivity index (χ4n) is 3.14. The van der Waals surface area contributed by atoms with E-state index in [4.69, 9.17) is 16.3 Å². The average molecular weight is 388 g/mol. The van der Waals surface area contributed by atoms with Gasteiger partial charge in [0, 0.05) is 11.3 Å². The number of nitrogens with one attached hydrogen (secondary N) is 1. The highest BCUT2D eigenvalue weighted by atomic mass is 35.5. The van der Waals surface area contributed by atoms with E-state index >= 15 is 0 Å². The molecule has 0 fully saturated rings. The number of fused-ring (bicyclic) bond motifs is 1. The minimum absolute atomic E-state index is 0.233. The summed E-state index contributed by atoms with van der Waals surface area (Å²) >= 11 is 6.11. The largest absolute Gasteiger partial charge is 0.465 e. The first-order valence-electron chi connectivity index (χ1n) is 8.63. The SMILES string of the molecule is CCOC(=O)C1Cc2ccc(/C=C(\C)c3c(F)cccc3Cl)cc2NC1=O. The molecule has 140 valence electrons. The molecule has 1 aliphatic rings. The number of hydrogen-bond acceptors (Lipinski definition) is 3. The highest BCUT2D eigenvalue weighted by Gasteiger charge is 2.33. The summed E-state index contributed by atoms with van der Waals surface area (Å²) in [7, 11) is 0. The van der Waals surface area contributed by atoms with Gasteiger partial charge in [0.05, 0.1) is 11.6 Å². The number of benzene rings is 2. The fourth-order valence-corrected chi connectivity index (χ4v) is 3.45. The normalized spacial score (nSPS) is 16.5. The molecule has 1 aliphatic heterocycles. The van der Waals surface area contributed by atoms with E-state index < -0.39 is 11.9 Å². The monoisotopic (exact) mass is 387 g/mol. The summed E-state index contributed by atoms with van der Waals surface area (Å²) in [6.45, 7) is 3.71. The molecule has 1 N–H and O–H groups in total. The number of amides is 1. The van der Waals surface area contributed by atoms with Gasteiger partial charge in [-0.15, -0.1) is 0 Å². The van der Waals surface area contributed by atoms with E-state index in [2.05, 4.69) is 5.32 Å². The number of rotatable bonds is 4. The van der Waals surface area contributed by atoms with Crippen LogP contribution in [0.3, 0.4) is 0 Å². The van der Waals surface area contributed by atoms with E-state index in [0.717, 1.165) is 11.1 Å². The zero-order valence-electron chi connectivity index (χ0n) is 15.0. The van der Waals surface area contributed by atoms with Crippen molar-refractivity contribution in [1.29, 1.82) is 0 Å². The molecule has 0 radical (unpaired) electrons. The first-order chi connectivity index (χ1) is 12.9. The summed E-state index contributed by atoms with van der Waals surface area (Å²) in [5.74, 6) is -2.12. The van der Waals surface area contributed by atoms with Crippen molar-refractivity contribution < 1.29 is 18.7 Å². The van der Waals surface area contributed by atoms with Gasteiger partial charge < -0.3 is 10.1 Å². The molecule has 0 spiro atoms. The average Bonchev–Trinajstić information content (AvgIpc) is 2.61. The summed E-state index contributed by atoms with van der Waals surface area (Å²) in [5, 5.41) is 3.10. The first kappa shape index (κ1) is 19.1. The van der Waals surface area contributed by atoms with Crippen molar-refractivity contribution in [3.8, 4) is 0 Å². The Morgan fingerprint density at radius 3 is 2.85 bits per heavy atom. The van der Waals surface area contributed by atoms with Crippen molar-refractivity contribution in [2.24, 2.45) is 5.92 Å². The number of halogens is 2. The fraction of sp³-hybridized carbons (Fsp3) is 0.238. The molecule has 0 aliphatic carbocycles. The number of esters is 1. The van der Waals surface area contributed by atoms with Crippen molar-refractivity contribution in [2.75, 3.05) is 11.9 Å². The molecule has 2 aromatic carbocycles. The Hall–Kier alpha value is -2.66. The molecule has 4 nitrogen and oxygen atoms in total. The van der Waals surface area contributed by atoms with Gasteiger partial charge in [-0.1, -0.05) is 35.9 Å². The maximum atomic E-state index is 14.1. The van der Waals surface area contributed by atoms with Crippen LogP contribution < -0.4 is 5.32 Å². The molecular weight excluding hydrogens is 369 g/mol. The van der Waals surface area contributed by atoms with Crippen LogP contribution in [-0.2, 0) is 20.7 Å². The molecule has 0 saturated heterocycles. The Labute approximate surface area is 162 Å². The third kappa shape index (κ3) is 4.03. The molecule has 1 heterocycles. The maximum absolute atomic E-state index is 14.1. The standard InChI is InChI=1S/C21H19ClFNO3/c1-3-27-21(26)15-11-14-8-7-13(10-18(14)24-20(15)25)9-12(2)19-16(22)5-4-6-17(19)23/h4-10,15H,3,11H2,1-2H3,(H,24,25)/b12-9+. The van der Waals surface area contributed by atoms with E-state index in [9.17, 15) is 14.0 Å². The molecule has 0 bridgehead atoms. The van der Waals surface area contributed by atoms with Gasteiger partial charge >= 0.3 is 5.97 Å². The Morgan fingerprint density at radius 1 is 1.37 bits per heavy atom. The molecule has 1 amide bonds. The van der Waals surface area contributed by atoms with Crippen LogP contribution in [0.15, 0.2) is 36.4 Å². The van der Waals surface area contributed by atoms with E-state index in [1.54, 1.807) is 38.1 Å². The summed E-state index contributed by atoms with van der Waals surface area (Å²) < 4.78 is 19.0. The second kappa shape index (κ2) is 7.92. The van der Waals surface area contributed by atoms with E-state index in [-0.39, 0.29) is 18.3 Å². The number of carbonyl (C=O) groups excluding carboxylic acids is 2. The number of carbonyl (C=O) groups is 2. The summed E-state index contributed by atoms with van der Waals surface area (Å²) in [6, 6.07) is 10.1. The Bertz CT molecular complexity index is 919. The topological polar surface area (TPSA) is 55.4 Å². The van der Waals surface area contributed by atoms with Crippen molar-refractivity contribution in [3.63, 3.8) is 0 Å². The lowest BCUT2D eigenvalue weighted by molar-refractivity contribution is -0.151. The van der Waals surface area contributed by atoms with Crippen LogP contribution in [0.2, 0.25) is 5.02 Å². The Morgan fingerprint density at radius 2 is 2.15 bits per heavy atom. The molecule has 0 aromatic heterocycles. The lowest BCUT2D eigenvalue weighted by atomic mass is 9.92.